The van der Waals surface area contributed by atoms with Gasteiger partial charge in [0.2, 0.25) is 11.8 Å². The third kappa shape index (κ3) is 8.46. The van der Waals surface area contributed by atoms with Crippen LogP contribution in [0.3, 0.4) is 0 Å². The van der Waals surface area contributed by atoms with Crippen LogP contribution in [0, 0.1) is 6.92 Å². The van der Waals surface area contributed by atoms with Gasteiger partial charge in [0.15, 0.2) is 0 Å². The van der Waals surface area contributed by atoms with Crippen LogP contribution in [0.5, 0.6) is 0 Å². The Morgan fingerprint density at radius 3 is 1.98 bits per heavy atom. The molecule has 0 fully saturated rings. The molecule has 4 aromatic rings. The van der Waals surface area contributed by atoms with E-state index in [0.29, 0.717) is 17.3 Å². The van der Waals surface area contributed by atoms with E-state index >= 15 is 0 Å². The van der Waals surface area contributed by atoms with E-state index in [4.69, 9.17) is 11.6 Å². The Balaban J connectivity index is 1.77. The van der Waals surface area contributed by atoms with Gasteiger partial charge in [0.1, 0.15) is 12.6 Å². The van der Waals surface area contributed by atoms with Crippen LogP contribution in [0.25, 0.3) is 0 Å². The van der Waals surface area contributed by atoms with Gasteiger partial charge in [-0.2, -0.15) is 0 Å². The van der Waals surface area contributed by atoms with E-state index in [9.17, 15) is 18.0 Å². The fourth-order valence-electron chi connectivity index (χ4n) is 4.67. The van der Waals surface area contributed by atoms with Crippen LogP contribution in [0.15, 0.2) is 114 Å². The van der Waals surface area contributed by atoms with Crippen LogP contribution in [0.4, 0.5) is 5.69 Å². The maximum absolute atomic E-state index is 14.4. The number of benzene rings is 4. The minimum absolute atomic E-state index is 0.00130. The van der Waals surface area contributed by atoms with E-state index in [0.717, 1.165) is 27.4 Å². The lowest BCUT2D eigenvalue weighted by Crippen LogP contribution is -2.53. The van der Waals surface area contributed by atoms with Crippen LogP contribution in [-0.2, 0) is 32.6 Å². The largest absolute Gasteiger partial charge is 0.354 e. The molecule has 43 heavy (non-hydrogen) atoms. The molecule has 1 unspecified atom stereocenters. The van der Waals surface area contributed by atoms with E-state index in [2.05, 4.69) is 5.32 Å². The molecule has 1 N–H and O–H groups in total. The molecule has 0 radical (unpaired) electrons. The first-order chi connectivity index (χ1) is 20.7. The smallest absolute Gasteiger partial charge is 0.264 e. The highest BCUT2D eigenvalue weighted by Crippen LogP contribution is 2.26. The van der Waals surface area contributed by atoms with Gasteiger partial charge in [-0.1, -0.05) is 96.9 Å². The van der Waals surface area contributed by atoms with Crippen molar-refractivity contribution in [2.75, 3.05) is 17.4 Å². The van der Waals surface area contributed by atoms with Gasteiger partial charge in [0.05, 0.1) is 10.6 Å². The molecule has 1 atom stereocenters. The van der Waals surface area contributed by atoms with Crippen molar-refractivity contribution in [1.82, 2.24) is 10.2 Å². The normalized spacial score (nSPS) is 11.9. The minimum atomic E-state index is -4.18. The molecular weight excluding hydrogens is 582 g/mol. The Kier molecular flexibility index (Phi) is 11.0. The molecule has 0 bridgehead atoms. The Labute approximate surface area is 259 Å². The van der Waals surface area contributed by atoms with Crippen molar-refractivity contribution in [3.05, 3.63) is 131 Å². The number of sulfonamides is 1. The standard InChI is InChI=1S/C34H36ClN3O4S/c1-3-22-36-34(40)32(23-27-10-6-4-7-11-27)37(24-28-12-8-5-9-13-28)33(39)25-38(30-18-14-26(2)15-19-30)43(41,42)31-20-16-29(35)17-21-31/h4-21,32H,3,22-25H2,1-2H3,(H,36,40). The Morgan fingerprint density at radius 1 is 0.814 bits per heavy atom. The van der Waals surface area contributed by atoms with Crippen molar-refractivity contribution < 1.29 is 18.0 Å². The van der Waals surface area contributed by atoms with E-state index in [1.807, 2.05) is 74.5 Å². The molecule has 7 nitrogen and oxygen atoms in total. The summed E-state index contributed by atoms with van der Waals surface area (Å²) in [6, 6.07) is 30.8. The van der Waals surface area contributed by atoms with Gasteiger partial charge in [0, 0.05) is 24.5 Å². The van der Waals surface area contributed by atoms with Gasteiger partial charge >= 0.3 is 0 Å². The number of anilines is 1. The van der Waals surface area contributed by atoms with Gasteiger partial charge in [-0.25, -0.2) is 8.42 Å². The Morgan fingerprint density at radius 2 is 1.40 bits per heavy atom. The van der Waals surface area contributed by atoms with Crippen LogP contribution >= 0.6 is 11.6 Å². The second kappa shape index (κ2) is 14.8. The molecular formula is C34H36ClN3O4S. The third-order valence-corrected chi connectivity index (χ3v) is 9.06. The lowest BCUT2D eigenvalue weighted by molar-refractivity contribution is -0.140. The lowest BCUT2D eigenvalue weighted by atomic mass is 10.0. The summed E-state index contributed by atoms with van der Waals surface area (Å²) in [5.41, 5.74) is 2.98. The molecule has 2 amide bonds. The summed E-state index contributed by atoms with van der Waals surface area (Å²) in [4.78, 5) is 29.5. The molecule has 9 heteroatoms. The summed E-state index contributed by atoms with van der Waals surface area (Å²) in [6.07, 6.45) is 1.00. The van der Waals surface area contributed by atoms with Crippen LogP contribution in [-0.4, -0.2) is 44.3 Å². The predicted molar refractivity (Wildman–Crippen MR) is 171 cm³/mol. The Bertz CT molecular complexity index is 1600. The SMILES string of the molecule is CCCNC(=O)C(Cc1ccccc1)N(Cc1ccccc1)C(=O)CN(c1ccc(C)cc1)S(=O)(=O)c1ccc(Cl)cc1. The van der Waals surface area contributed by atoms with Gasteiger partial charge in [-0.15, -0.1) is 0 Å². The van der Waals surface area contributed by atoms with E-state index in [1.165, 1.54) is 29.2 Å². The number of nitrogens with zero attached hydrogens (tertiary/aromatic N) is 2. The van der Waals surface area contributed by atoms with Crippen molar-refractivity contribution >= 4 is 39.1 Å². The average Bonchev–Trinajstić information content (AvgIpc) is 3.02. The summed E-state index contributed by atoms with van der Waals surface area (Å²) < 4.78 is 29.1. The van der Waals surface area contributed by atoms with Gasteiger partial charge in [0.25, 0.3) is 10.0 Å². The quantitative estimate of drug-likeness (QED) is 0.199. The molecule has 4 rings (SSSR count). The van der Waals surface area contributed by atoms with Crippen molar-refractivity contribution in [2.24, 2.45) is 0 Å². The zero-order valence-electron chi connectivity index (χ0n) is 24.3. The molecule has 0 aliphatic heterocycles. The highest BCUT2D eigenvalue weighted by molar-refractivity contribution is 7.92. The second-order valence-corrected chi connectivity index (χ2v) is 12.6. The lowest BCUT2D eigenvalue weighted by Gasteiger charge is -2.34. The van der Waals surface area contributed by atoms with Crippen LogP contribution in [0.2, 0.25) is 5.02 Å². The maximum Gasteiger partial charge on any atom is 0.264 e. The number of aryl methyl sites for hydroxylation is 1. The fourth-order valence-corrected chi connectivity index (χ4v) is 6.21. The van der Waals surface area contributed by atoms with Gasteiger partial charge in [-0.05, 0) is 60.9 Å². The summed E-state index contributed by atoms with van der Waals surface area (Å²) >= 11 is 6.04. The number of amides is 2. The molecule has 224 valence electrons. The summed E-state index contributed by atoms with van der Waals surface area (Å²) in [7, 11) is -4.18. The van der Waals surface area contributed by atoms with Crippen molar-refractivity contribution in [2.45, 2.75) is 44.2 Å². The number of carbonyl (C=O) groups is 2. The maximum atomic E-state index is 14.4. The zero-order valence-corrected chi connectivity index (χ0v) is 25.9. The molecule has 0 heterocycles. The number of halogens is 1. The molecule has 0 aromatic heterocycles. The molecule has 0 saturated carbocycles. The number of hydrogen-bond acceptors (Lipinski definition) is 4. The molecule has 0 aliphatic carbocycles. The second-order valence-electron chi connectivity index (χ2n) is 10.3. The van der Waals surface area contributed by atoms with Crippen LogP contribution in [0.1, 0.15) is 30.0 Å². The molecule has 0 spiro atoms. The summed E-state index contributed by atoms with van der Waals surface area (Å²) in [5.74, 6) is -0.799. The highest BCUT2D eigenvalue weighted by atomic mass is 35.5. The number of carbonyl (C=O) groups excluding carboxylic acids is 2. The molecule has 0 aliphatic rings. The summed E-state index contributed by atoms with van der Waals surface area (Å²) in [6.45, 7) is 3.93. The summed E-state index contributed by atoms with van der Waals surface area (Å²) in [5, 5.41) is 3.35. The topological polar surface area (TPSA) is 86.8 Å². The van der Waals surface area contributed by atoms with Crippen molar-refractivity contribution in [3.8, 4) is 0 Å². The van der Waals surface area contributed by atoms with Gasteiger partial charge in [-0.3, -0.25) is 13.9 Å². The van der Waals surface area contributed by atoms with E-state index < -0.39 is 28.5 Å². The third-order valence-electron chi connectivity index (χ3n) is 7.02. The minimum Gasteiger partial charge on any atom is -0.354 e. The first-order valence-corrected chi connectivity index (χ1v) is 16.0. The highest BCUT2D eigenvalue weighted by Gasteiger charge is 2.34. The first kappa shape index (κ1) is 31.8. The Hall–Kier alpha value is -4.14. The van der Waals surface area contributed by atoms with Crippen molar-refractivity contribution in [3.63, 3.8) is 0 Å². The molecule has 4 aromatic carbocycles. The first-order valence-electron chi connectivity index (χ1n) is 14.2. The van der Waals surface area contributed by atoms with Gasteiger partial charge < -0.3 is 10.2 Å². The zero-order chi connectivity index (χ0) is 30.8. The number of rotatable bonds is 13. The molecule has 0 saturated heterocycles. The predicted octanol–water partition coefficient (Wildman–Crippen LogP) is 6.01. The van der Waals surface area contributed by atoms with E-state index in [1.54, 1.807) is 24.3 Å². The number of hydrogen-bond donors (Lipinski definition) is 1. The number of nitrogens with one attached hydrogen (secondary N) is 1. The van der Waals surface area contributed by atoms with Crippen LogP contribution < -0.4 is 9.62 Å². The monoisotopic (exact) mass is 617 g/mol. The average molecular weight is 618 g/mol. The fraction of sp³-hybridized carbons (Fsp3) is 0.235. The van der Waals surface area contributed by atoms with E-state index in [-0.39, 0.29) is 23.8 Å². The van der Waals surface area contributed by atoms with Crippen molar-refractivity contribution in [1.29, 1.82) is 0 Å².